The number of carbonyl (C=O) groups is 3. The van der Waals surface area contributed by atoms with Crippen LogP contribution in [-0.4, -0.2) is 35.1 Å². The van der Waals surface area contributed by atoms with Gasteiger partial charge in [0.2, 0.25) is 0 Å². The van der Waals surface area contributed by atoms with E-state index in [0.717, 1.165) is 10.5 Å². The molecule has 8 nitrogen and oxygen atoms in total. The summed E-state index contributed by atoms with van der Waals surface area (Å²) in [7, 11) is 1.48. The highest BCUT2D eigenvalue weighted by atomic mass is 35.5. The maximum absolute atomic E-state index is 13.2. The molecule has 1 heterocycles. The monoisotopic (exact) mass is 522 g/mol. The number of halogens is 1. The highest BCUT2D eigenvalue weighted by Gasteiger charge is 2.34. The predicted octanol–water partition coefficient (Wildman–Crippen LogP) is 4.46. The van der Waals surface area contributed by atoms with Crippen molar-refractivity contribution in [1.82, 2.24) is 5.32 Å². The lowest BCUT2D eigenvalue weighted by Crippen LogP contribution is -2.54. The van der Waals surface area contributed by atoms with Gasteiger partial charge in [0.05, 0.1) is 18.4 Å². The number of carbonyl (C=O) groups excluding carboxylic acids is 2. The van der Waals surface area contributed by atoms with Crippen molar-refractivity contribution in [3.05, 3.63) is 94.0 Å². The number of rotatable bonds is 7. The summed E-state index contributed by atoms with van der Waals surface area (Å²) in [6.07, 6.45) is 1.40. The number of benzene rings is 3. The molecule has 3 aromatic carbocycles. The fourth-order valence-electron chi connectivity index (χ4n) is 3.47. The second-order valence-electron chi connectivity index (χ2n) is 7.64. The van der Waals surface area contributed by atoms with Crippen molar-refractivity contribution in [2.24, 2.45) is 0 Å². The van der Waals surface area contributed by atoms with Crippen molar-refractivity contribution >= 4 is 58.5 Å². The maximum atomic E-state index is 13.2. The molecule has 10 heteroatoms. The quantitative estimate of drug-likeness (QED) is 0.268. The molecule has 2 N–H and O–H groups in total. The number of amides is 2. The van der Waals surface area contributed by atoms with Gasteiger partial charge in [0.25, 0.3) is 11.8 Å². The highest BCUT2D eigenvalue weighted by Crippen LogP contribution is 2.31. The molecule has 0 aromatic heterocycles. The normalized spacial score (nSPS) is 14.6. The predicted molar refractivity (Wildman–Crippen MR) is 138 cm³/mol. The van der Waals surface area contributed by atoms with Gasteiger partial charge in [-0.3, -0.25) is 19.8 Å². The topological polar surface area (TPSA) is 105 Å². The SMILES string of the molecule is COc1cc(C=C2C(=O)NC(=S)N(c3cccc(C(=O)O)c3)C2=O)ccc1OCc1ccc(Cl)cc1. The summed E-state index contributed by atoms with van der Waals surface area (Å²) >= 11 is 11.1. The molecule has 182 valence electrons. The van der Waals surface area contributed by atoms with Gasteiger partial charge in [-0.15, -0.1) is 0 Å². The molecule has 36 heavy (non-hydrogen) atoms. The molecule has 1 saturated heterocycles. The first-order valence-corrected chi connectivity index (χ1v) is 11.4. The van der Waals surface area contributed by atoms with E-state index in [-0.39, 0.29) is 28.5 Å². The molecule has 4 rings (SSSR count). The third-order valence-corrected chi connectivity index (χ3v) is 5.80. The second kappa shape index (κ2) is 10.6. The van der Waals surface area contributed by atoms with Crippen LogP contribution in [0.1, 0.15) is 21.5 Å². The molecule has 0 bridgehead atoms. The Morgan fingerprint density at radius 2 is 1.83 bits per heavy atom. The number of ether oxygens (including phenoxy) is 2. The molecule has 2 amide bonds. The number of carboxylic acids is 1. The smallest absolute Gasteiger partial charge is 0.335 e. The average Bonchev–Trinajstić information content (AvgIpc) is 2.86. The minimum absolute atomic E-state index is 0.0237. The molecule has 1 aliphatic rings. The van der Waals surface area contributed by atoms with Crippen molar-refractivity contribution in [3.63, 3.8) is 0 Å². The number of hydrogen-bond acceptors (Lipinski definition) is 6. The molecule has 0 atom stereocenters. The molecule has 0 radical (unpaired) electrons. The van der Waals surface area contributed by atoms with Gasteiger partial charge >= 0.3 is 5.97 Å². The van der Waals surface area contributed by atoms with E-state index in [1.807, 2.05) is 12.1 Å². The van der Waals surface area contributed by atoms with Crippen LogP contribution in [-0.2, 0) is 16.2 Å². The van der Waals surface area contributed by atoms with Crippen LogP contribution in [0, 0.1) is 0 Å². The van der Waals surface area contributed by atoms with Gasteiger partial charge in [0, 0.05) is 5.02 Å². The van der Waals surface area contributed by atoms with E-state index < -0.39 is 17.8 Å². The van der Waals surface area contributed by atoms with Crippen LogP contribution in [0.3, 0.4) is 0 Å². The number of hydrogen-bond donors (Lipinski definition) is 2. The van der Waals surface area contributed by atoms with Crippen LogP contribution >= 0.6 is 23.8 Å². The summed E-state index contributed by atoms with van der Waals surface area (Å²) in [6.45, 7) is 0.288. The summed E-state index contributed by atoms with van der Waals surface area (Å²) in [6, 6.07) is 17.9. The van der Waals surface area contributed by atoms with Gasteiger partial charge in [-0.1, -0.05) is 35.9 Å². The van der Waals surface area contributed by atoms with Gasteiger partial charge in [0.15, 0.2) is 16.6 Å². The number of thiocarbonyl (C=S) groups is 1. The van der Waals surface area contributed by atoms with E-state index in [0.29, 0.717) is 22.1 Å². The maximum Gasteiger partial charge on any atom is 0.335 e. The first kappa shape index (κ1) is 24.9. The molecular formula is C26H19ClN2O6S. The standard InChI is InChI=1S/C26H19ClN2O6S/c1-34-22-12-16(7-10-21(22)35-14-15-5-8-18(27)9-6-15)11-20-23(30)28-26(36)29(24(20)31)19-4-2-3-17(13-19)25(32)33/h2-13H,14H2,1H3,(H,32,33)(H,28,30,36). The number of nitrogens with zero attached hydrogens (tertiary/aromatic N) is 1. The number of aromatic carboxylic acids is 1. The van der Waals surface area contributed by atoms with E-state index in [1.54, 1.807) is 30.3 Å². The molecule has 3 aromatic rings. The minimum atomic E-state index is -1.16. The van der Waals surface area contributed by atoms with Gasteiger partial charge in [-0.25, -0.2) is 4.79 Å². The summed E-state index contributed by atoms with van der Waals surface area (Å²) in [5.41, 5.74) is 1.45. The lowest BCUT2D eigenvalue weighted by molar-refractivity contribution is -0.122. The Bertz CT molecular complexity index is 1400. The Hall–Kier alpha value is -4.21. The molecule has 0 unspecified atom stereocenters. The fraction of sp³-hybridized carbons (Fsp3) is 0.0769. The largest absolute Gasteiger partial charge is 0.493 e. The zero-order valence-corrected chi connectivity index (χ0v) is 20.4. The summed E-state index contributed by atoms with van der Waals surface area (Å²) in [5.74, 6) is -1.63. The Morgan fingerprint density at radius 1 is 1.08 bits per heavy atom. The number of methoxy groups -OCH3 is 1. The number of carboxylic acid groups (broad SMARTS) is 1. The molecule has 0 aliphatic carbocycles. The first-order chi connectivity index (χ1) is 17.3. The lowest BCUT2D eigenvalue weighted by Gasteiger charge is -2.29. The van der Waals surface area contributed by atoms with Crippen LogP contribution in [0.5, 0.6) is 11.5 Å². The van der Waals surface area contributed by atoms with Crippen LogP contribution in [0.15, 0.2) is 72.3 Å². The summed E-state index contributed by atoms with van der Waals surface area (Å²) in [5, 5.41) is 12.2. The van der Waals surface area contributed by atoms with Crippen molar-refractivity contribution < 1.29 is 29.0 Å². The first-order valence-electron chi connectivity index (χ1n) is 10.6. The highest BCUT2D eigenvalue weighted by molar-refractivity contribution is 7.80. The van der Waals surface area contributed by atoms with Crippen molar-refractivity contribution in [2.45, 2.75) is 6.61 Å². The molecule has 0 saturated carbocycles. The van der Waals surface area contributed by atoms with Crippen LogP contribution in [0.4, 0.5) is 5.69 Å². The Labute approximate surface area is 216 Å². The van der Waals surface area contributed by atoms with Crippen LogP contribution < -0.4 is 19.7 Å². The van der Waals surface area contributed by atoms with E-state index in [9.17, 15) is 19.5 Å². The zero-order valence-electron chi connectivity index (χ0n) is 18.9. The van der Waals surface area contributed by atoms with Crippen LogP contribution in [0.25, 0.3) is 6.08 Å². The van der Waals surface area contributed by atoms with Crippen molar-refractivity contribution in [1.29, 1.82) is 0 Å². The number of nitrogens with one attached hydrogen (secondary N) is 1. The van der Waals surface area contributed by atoms with E-state index in [2.05, 4.69) is 5.32 Å². The third-order valence-electron chi connectivity index (χ3n) is 5.26. The molecule has 0 spiro atoms. The Balaban J connectivity index is 1.60. The third kappa shape index (κ3) is 5.37. The van der Waals surface area contributed by atoms with E-state index in [4.69, 9.17) is 33.3 Å². The molecule has 1 fully saturated rings. The number of anilines is 1. The van der Waals surface area contributed by atoms with Crippen molar-refractivity contribution in [3.8, 4) is 11.5 Å². The minimum Gasteiger partial charge on any atom is -0.493 e. The Kier molecular flexibility index (Phi) is 7.33. The zero-order chi connectivity index (χ0) is 25.8. The lowest BCUT2D eigenvalue weighted by atomic mass is 10.1. The summed E-state index contributed by atoms with van der Waals surface area (Å²) in [4.78, 5) is 38.3. The van der Waals surface area contributed by atoms with Crippen LogP contribution in [0.2, 0.25) is 5.02 Å². The Morgan fingerprint density at radius 3 is 2.53 bits per heavy atom. The molecular weight excluding hydrogens is 504 g/mol. The second-order valence-corrected chi connectivity index (χ2v) is 8.46. The van der Waals surface area contributed by atoms with Crippen molar-refractivity contribution in [2.75, 3.05) is 12.0 Å². The van der Waals surface area contributed by atoms with Gasteiger partial charge < -0.3 is 14.6 Å². The van der Waals surface area contributed by atoms with Gasteiger partial charge in [0.1, 0.15) is 12.2 Å². The fourth-order valence-corrected chi connectivity index (χ4v) is 3.88. The van der Waals surface area contributed by atoms with E-state index >= 15 is 0 Å². The van der Waals surface area contributed by atoms with E-state index in [1.165, 1.54) is 37.5 Å². The van der Waals surface area contributed by atoms with Gasteiger partial charge in [-0.05, 0) is 71.9 Å². The summed E-state index contributed by atoms with van der Waals surface area (Å²) < 4.78 is 11.3. The van der Waals surface area contributed by atoms with Gasteiger partial charge in [-0.2, -0.15) is 0 Å². The average molecular weight is 523 g/mol. The molecule has 1 aliphatic heterocycles.